The molecule has 192 valence electrons. The van der Waals surface area contributed by atoms with E-state index in [4.69, 9.17) is 8.22 Å². The fourth-order valence-electron chi connectivity index (χ4n) is 6.60. The van der Waals surface area contributed by atoms with Crippen molar-refractivity contribution in [3.63, 3.8) is 0 Å². The van der Waals surface area contributed by atoms with E-state index < -0.39 is 19.4 Å². The number of para-hydroxylation sites is 2. The van der Waals surface area contributed by atoms with Crippen molar-refractivity contribution < 1.29 is 8.22 Å². The van der Waals surface area contributed by atoms with Gasteiger partial charge in [-0.25, -0.2) is 0 Å². The average molecular weight is 516 g/mol. The van der Waals surface area contributed by atoms with Gasteiger partial charge in [0, 0.05) is 74.5 Å². The Morgan fingerprint density at radius 1 is 0.667 bits per heavy atom. The predicted octanol–water partition coefficient (Wildman–Crippen LogP) is 6.81. The largest absolute Gasteiger partial charge is 0.361 e. The van der Waals surface area contributed by atoms with Gasteiger partial charge in [-0.1, -0.05) is 48.5 Å². The normalized spacial score (nSPS) is 22.6. The average Bonchev–Trinajstić information content (AvgIpc) is 3.78. The Morgan fingerprint density at radius 2 is 1.38 bits per heavy atom. The minimum Gasteiger partial charge on any atom is -0.361 e. The van der Waals surface area contributed by atoms with Gasteiger partial charge in [0.05, 0.1) is 30.1 Å². The first-order valence-electron chi connectivity index (χ1n) is 16.2. The predicted molar refractivity (Wildman–Crippen MR) is 161 cm³/mol. The van der Waals surface area contributed by atoms with Gasteiger partial charge >= 0.3 is 0 Å². The number of hydrogen-bond donors (Lipinski definition) is 0. The molecule has 5 aromatic rings. The van der Waals surface area contributed by atoms with Crippen molar-refractivity contribution in [3.05, 3.63) is 126 Å². The molecule has 1 aromatic heterocycles. The molecule has 0 spiro atoms. The standard InChI is InChI=1S/C34H31N5/c1-34(24-8-6-9-25(20-24)37-18-16-35(2)22-37)29-12-7-11-28-27-10-4-5-13-31(27)39(33(28)29)32-15-14-26(21-30(32)34)38-19-17-36(3)23-38/h4-21H,22-23H2,1-3H3/i2D3,3D3. The molecule has 0 saturated carbocycles. The molecule has 0 aliphatic carbocycles. The molecule has 1 atom stereocenters. The number of anilines is 2. The lowest BCUT2D eigenvalue weighted by Crippen LogP contribution is -2.32. The van der Waals surface area contributed by atoms with Crippen LogP contribution in [0.5, 0.6) is 0 Å². The van der Waals surface area contributed by atoms with Gasteiger partial charge in [0.25, 0.3) is 0 Å². The highest BCUT2D eigenvalue weighted by Crippen LogP contribution is 2.51. The second-order valence-electron chi connectivity index (χ2n) is 10.7. The Bertz CT molecular complexity index is 2060. The Labute approximate surface area is 237 Å². The maximum atomic E-state index is 7.89. The molecule has 5 nitrogen and oxygen atoms in total. The number of nitrogens with zero attached hydrogens (tertiary/aromatic N) is 5. The quantitative estimate of drug-likeness (QED) is 0.262. The van der Waals surface area contributed by atoms with Gasteiger partial charge in [-0.2, -0.15) is 0 Å². The van der Waals surface area contributed by atoms with Crippen LogP contribution >= 0.6 is 0 Å². The molecule has 0 saturated heterocycles. The summed E-state index contributed by atoms with van der Waals surface area (Å²) in [5, 5.41) is 2.37. The molecule has 1 unspecified atom stereocenters. The maximum Gasteiger partial charge on any atom is 0.0938 e. The second kappa shape index (κ2) is 7.93. The molecule has 4 aromatic carbocycles. The van der Waals surface area contributed by atoms with Crippen molar-refractivity contribution in [2.24, 2.45) is 0 Å². The van der Waals surface area contributed by atoms with E-state index in [0.717, 1.165) is 39.2 Å². The molecule has 0 amide bonds. The fourth-order valence-corrected chi connectivity index (χ4v) is 6.60. The molecule has 8 rings (SSSR count). The summed E-state index contributed by atoms with van der Waals surface area (Å²) in [5.74, 6) is 0. The molecule has 3 aliphatic rings. The molecule has 0 radical (unpaired) electrons. The van der Waals surface area contributed by atoms with Crippen LogP contribution in [0, 0.1) is 0 Å². The van der Waals surface area contributed by atoms with Gasteiger partial charge in [0.1, 0.15) is 0 Å². The Balaban J connectivity index is 1.33. The summed E-state index contributed by atoms with van der Waals surface area (Å²) in [4.78, 5) is 6.63. The summed E-state index contributed by atoms with van der Waals surface area (Å²) < 4.78 is 49.6. The van der Waals surface area contributed by atoms with E-state index in [-0.39, 0.29) is 13.3 Å². The highest BCUT2D eigenvalue weighted by Gasteiger charge is 2.40. The lowest BCUT2D eigenvalue weighted by atomic mass is 9.68. The van der Waals surface area contributed by atoms with Crippen LogP contribution in [0.15, 0.2) is 110 Å². The number of aromatic nitrogens is 1. The molecular formula is C34H31N5. The van der Waals surface area contributed by atoms with Crippen molar-refractivity contribution in [1.29, 1.82) is 0 Å². The lowest BCUT2D eigenvalue weighted by Gasteiger charge is -2.39. The van der Waals surface area contributed by atoms with Crippen LogP contribution in [0.4, 0.5) is 11.4 Å². The zero-order chi connectivity index (χ0) is 31.3. The van der Waals surface area contributed by atoms with Crippen LogP contribution in [-0.2, 0) is 5.41 Å². The van der Waals surface area contributed by atoms with E-state index in [9.17, 15) is 0 Å². The van der Waals surface area contributed by atoms with Crippen LogP contribution in [0.25, 0.3) is 27.5 Å². The fraction of sp³-hybridized carbons (Fsp3) is 0.176. The van der Waals surface area contributed by atoms with E-state index in [1.807, 2.05) is 34.3 Å². The van der Waals surface area contributed by atoms with Crippen molar-refractivity contribution in [3.8, 4) is 5.69 Å². The summed E-state index contributed by atoms with van der Waals surface area (Å²) in [7, 11) is 0. The Hall–Kier alpha value is -4.64. The van der Waals surface area contributed by atoms with Crippen LogP contribution in [0.1, 0.15) is 31.8 Å². The van der Waals surface area contributed by atoms with E-state index in [2.05, 4.69) is 84.3 Å². The first kappa shape index (κ1) is 17.0. The molecule has 0 N–H and O–H groups in total. The van der Waals surface area contributed by atoms with Gasteiger partial charge < -0.3 is 24.2 Å². The van der Waals surface area contributed by atoms with Crippen LogP contribution in [-0.4, -0.2) is 41.7 Å². The number of benzene rings is 4. The summed E-state index contributed by atoms with van der Waals surface area (Å²) in [6, 6.07) is 29.8. The van der Waals surface area contributed by atoms with E-state index in [1.165, 1.54) is 26.1 Å². The minimum atomic E-state index is -2.22. The van der Waals surface area contributed by atoms with Crippen molar-refractivity contribution in [1.82, 2.24) is 14.4 Å². The van der Waals surface area contributed by atoms with E-state index >= 15 is 0 Å². The number of hydrogen-bond acceptors (Lipinski definition) is 4. The summed E-state index contributed by atoms with van der Waals surface area (Å²) >= 11 is 0. The van der Waals surface area contributed by atoms with Gasteiger partial charge in [-0.15, -0.1) is 0 Å². The molecule has 39 heavy (non-hydrogen) atoms. The number of rotatable bonds is 3. The van der Waals surface area contributed by atoms with Crippen molar-refractivity contribution >= 4 is 33.2 Å². The Morgan fingerprint density at radius 3 is 2.15 bits per heavy atom. The Kier molecular flexibility index (Phi) is 3.47. The monoisotopic (exact) mass is 515 g/mol. The molecule has 0 bridgehead atoms. The summed E-state index contributed by atoms with van der Waals surface area (Å²) in [6.07, 6.45) is 6.88. The molecular weight excluding hydrogens is 478 g/mol. The SMILES string of the molecule is [2H]C([2H])([2H])N1C=CN(c2cccc(C3(C)c4cc(N5C=CN(C([2H])([2H])[2H])C5)ccc4-n4c5ccccc5c5cccc3c54)c2)C1. The third-order valence-corrected chi connectivity index (χ3v) is 8.54. The van der Waals surface area contributed by atoms with Crippen molar-refractivity contribution in [2.75, 3.05) is 37.1 Å². The zero-order valence-corrected chi connectivity index (χ0v) is 21.5. The minimum absolute atomic E-state index is 0.232. The third-order valence-electron chi connectivity index (χ3n) is 8.54. The van der Waals surface area contributed by atoms with Crippen LogP contribution < -0.4 is 9.80 Å². The zero-order valence-electron chi connectivity index (χ0n) is 27.5. The molecule has 4 heterocycles. The van der Waals surface area contributed by atoms with Crippen LogP contribution in [0.3, 0.4) is 0 Å². The van der Waals surface area contributed by atoms with Crippen molar-refractivity contribution in [2.45, 2.75) is 12.3 Å². The molecule has 3 aliphatic heterocycles. The topological polar surface area (TPSA) is 17.9 Å². The second-order valence-corrected chi connectivity index (χ2v) is 10.7. The van der Waals surface area contributed by atoms with E-state index in [0.29, 0.717) is 0 Å². The number of fused-ring (bicyclic) bond motifs is 5. The highest BCUT2D eigenvalue weighted by atomic mass is 15.3. The van der Waals surface area contributed by atoms with Gasteiger partial charge in [0.15, 0.2) is 0 Å². The van der Waals surface area contributed by atoms with E-state index in [1.54, 1.807) is 12.4 Å². The van der Waals surface area contributed by atoms with Gasteiger partial charge in [0.2, 0.25) is 0 Å². The smallest absolute Gasteiger partial charge is 0.0938 e. The highest BCUT2D eigenvalue weighted by molar-refractivity contribution is 6.11. The molecule has 5 heteroatoms. The molecule has 0 fully saturated rings. The first-order chi connectivity index (χ1) is 21.4. The third kappa shape index (κ3) is 3.07. The first-order valence-corrected chi connectivity index (χ1v) is 13.2. The maximum absolute atomic E-state index is 7.89. The van der Waals surface area contributed by atoms with Crippen LogP contribution in [0.2, 0.25) is 0 Å². The summed E-state index contributed by atoms with van der Waals surface area (Å²) in [5.41, 5.74) is 7.92. The summed E-state index contributed by atoms with van der Waals surface area (Å²) in [6.45, 7) is -1.70. The van der Waals surface area contributed by atoms with Gasteiger partial charge in [-0.05, 0) is 60.0 Å². The van der Waals surface area contributed by atoms with Gasteiger partial charge in [-0.3, -0.25) is 0 Å². The lowest BCUT2D eigenvalue weighted by molar-refractivity contribution is 0.495.